The van der Waals surface area contributed by atoms with Gasteiger partial charge in [0.25, 0.3) is 7.82 Å². The zero-order valence-electron chi connectivity index (χ0n) is 42.7. The molecule has 0 heterocycles. The van der Waals surface area contributed by atoms with Crippen LogP contribution >= 0.6 is 7.82 Å². The fourth-order valence-electron chi connectivity index (χ4n) is 6.91. The Labute approximate surface area is 401 Å². The molecule has 2 atom stereocenters. The molecule has 8 nitrogen and oxygen atoms in total. The maximum absolute atomic E-state index is 12.7. The van der Waals surface area contributed by atoms with Crippen LogP contribution in [0.2, 0.25) is 0 Å². The van der Waals surface area contributed by atoms with Gasteiger partial charge in [0.15, 0.2) is 0 Å². The van der Waals surface area contributed by atoms with Crippen molar-refractivity contribution in [2.45, 2.75) is 213 Å². The van der Waals surface area contributed by atoms with Crippen molar-refractivity contribution in [1.29, 1.82) is 0 Å². The number of carbonyl (C=O) groups excluding carboxylic acids is 1. The molecule has 9 heteroatoms. The van der Waals surface area contributed by atoms with Crippen LogP contribution in [0.5, 0.6) is 0 Å². The summed E-state index contributed by atoms with van der Waals surface area (Å²) in [6.45, 7) is 5.21. The molecule has 0 aliphatic rings. The minimum atomic E-state index is -4.55. The number of hydrogen-bond donors (Lipinski definition) is 0. The minimum Gasteiger partial charge on any atom is -0.756 e. The fourth-order valence-corrected chi connectivity index (χ4v) is 7.64. The highest BCUT2D eigenvalue weighted by atomic mass is 31.2. The summed E-state index contributed by atoms with van der Waals surface area (Å²) in [5.74, 6) is -0.391. The maximum atomic E-state index is 12.7. The summed E-state index contributed by atoms with van der Waals surface area (Å²) in [5.41, 5.74) is 0. The highest BCUT2D eigenvalue weighted by molar-refractivity contribution is 7.45. The second-order valence-corrected chi connectivity index (χ2v) is 19.9. The average Bonchev–Trinajstić information content (AvgIpc) is 3.27. The summed E-state index contributed by atoms with van der Waals surface area (Å²) in [4.78, 5) is 25.1. The van der Waals surface area contributed by atoms with Gasteiger partial charge in [-0.05, 0) is 83.5 Å². The van der Waals surface area contributed by atoms with Crippen molar-refractivity contribution in [2.24, 2.45) is 0 Å². The molecule has 0 aliphatic heterocycles. The number of esters is 1. The van der Waals surface area contributed by atoms with E-state index >= 15 is 0 Å². The van der Waals surface area contributed by atoms with Gasteiger partial charge in [-0.3, -0.25) is 9.36 Å². The largest absolute Gasteiger partial charge is 0.756 e. The minimum absolute atomic E-state index is 0.0118. The molecule has 0 amide bonds. The van der Waals surface area contributed by atoms with Crippen LogP contribution in [-0.2, 0) is 27.9 Å². The number of quaternary nitrogens is 1. The lowest BCUT2D eigenvalue weighted by Gasteiger charge is -2.28. The molecule has 0 fully saturated rings. The Morgan fingerprint density at radius 1 is 0.492 bits per heavy atom. The Balaban J connectivity index is 4.15. The zero-order valence-corrected chi connectivity index (χ0v) is 43.6. The van der Waals surface area contributed by atoms with E-state index in [2.05, 4.69) is 98.9 Å². The predicted octanol–water partition coefficient (Wildman–Crippen LogP) is 15.8. The Kier molecular flexibility index (Phi) is 46.4. The lowest BCUT2D eigenvalue weighted by atomic mass is 10.0. The quantitative estimate of drug-likeness (QED) is 0.0197. The summed E-state index contributed by atoms with van der Waals surface area (Å²) in [5, 5.41) is 0. The molecule has 376 valence electrons. The molecule has 0 aromatic rings. The summed E-state index contributed by atoms with van der Waals surface area (Å²) >= 11 is 0. The topological polar surface area (TPSA) is 94.1 Å². The van der Waals surface area contributed by atoms with Crippen LogP contribution in [0.25, 0.3) is 0 Å². The van der Waals surface area contributed by atoms with Crippen LogP contribution in [0.3, 0.4) is 0 Å². The highest BCUT2D eigenvalue weighted by Crippen LogP contribution is 2.38. The standard InChI is InChI=1S/C56H100NO7P/c1-6-8-10-12-14-16-18-20-22-24-25-26-27-28-29-30-31-32-34-36-38-40-42-44-46-48-51-61-53-55(54-63-65(59,60)62-52-50-57(3,4)5)64-56(58)49-47-45-43-41-39-37-35-33-23-21-19-17-15-13-11-9-7-2/h9,11,15,17-18,20-21,23-25,35,37,41,43,55H,6-8,10,12-14,16,19,22,26-34,36,38-40,42,44-54H2,1-5H3/b11-9-,17-15-,20-18-,23-21-,25-24-,37-35-,43-41-. The van der Waals surface area contributed by atoms with Gasteiger partial charge in [-0.15, -0.1) is 0 Å². The van der Waals surface area contributed by atoms with Crippen LogP contribution in [-0.4, -0.2) is 70.7 Å². The van der Waals surface area contributed by atoms with Gasteiger partial charge in [-0.1, -0.05) is 202 Å². The number of unbranched alkanes of at least 4 members (excludes halogenated alkanes) is 20. The van der Waals surface area contributed by atoms with E-state index in [1.807, 2.05) is 21.1 Å². The summed E-state index contributed by atoms with van der Waals surface area (Å²) in [6, 6.07) is 0. The third-order valence-electron chi connectivity index (χ3n) is 10.9. The number of carbonyl (C=O) groups is 1. The van der Waals surface area contributed by atoms with Crippen molar-refractivity contribution in [1.82, 2.24) is 0 Å². The van der Waals surface area contributed by atoms with E-state index in [1.54, 1.807) is 0 Å². The van der Waals surface area contributed by atoms with Gasteiger partial charge in [0, 0.05) is 13.0 Å². The second kappa shape index (κ2) is 48.1. The smallest absolute Gasteiger partial charge is 0.306 e. The maximum Gasteiger partial charge on any atom is 0.306 e. The van der Waals surface area contributed by atoms with Crippen molar-refractivity contribution in [2.75, 3.05) is 54.1 Å². The number of phosphoric acid groups is 1. The van der Waals surface area contributed by atoms with Gasteiger partial charge in [-0.2, -0.15) is 0 Å². The fraction of sp³-hybridized carbons (Fsp3) is 0.732. The SMILES string of the molecule is CC/C=C\C/C=C\C/C=C\C/C=C\C/C=C\CCCC(=O)OC(COCCCCCCCCCCCCCCCC/C=C\C/C=C\CCCCCCC)COP(=O)([O-])OCC[N+](C)(C)C. The van der Waals surface area contributed by atoms with Crippen LogP contribution in [0.4, 0.5) is 0 Å². The molecule has 0 saturated heterocycles. The van der Waals surface area contributed by atoms with Crippen LogP contribution in [0, 0.1) is 0 Å². The van der Waals surface area contributed by atoms with Crippen molar-refractivity contribution < 1.29 is 37.3 Å². The molecule has 0 bridgehead atoms. The molecule has 0 N–H and O–H groups in total. The molecular formula is C56H100NO7P. The Hall–Kier alpha value is -2.32. The van der Waals surface area contributed by atoms with Crippen LogP contribution in [0.15, 0.2) is 85.1 Å². The number of ether oxygens (including phenoxy) is 2. The lowest BCUT2D eigenvalue weighted by Crippen LogP contribution is -2.37. The summed E-state index contributed by atoms with van der Waals surface area (Å²) in [6.07, 6.45) is 64.9. The lowest BCUT2D eigenvalue weighted by molar-refractivity contribution is -0.870. The van der Waals surface area contributed by atoms with Crippen LogP contribution in [0.1, 0.15) is 206 Å². The third-order valence-corrected chi connectivity index (χ3v) is 11.9. The molecule has 0 saturated carbocycles. The molecule has 0 aromatic carbocycles. The first kappa shape index (κ1) is 62.7. The van der Waals surface area contributed by atoms with E-state index < -0.39 is 19.9 Å². The monoisotopic (exact) mass is 930 g/mol. The Bertz CT molecular complexity index is 1310. The van der Waals surface area contributed by atoms with Gasteiger partial charge in [-0.25, -0.2) is 0 Å². The van der Waals surface area contributed by atoms with E-state index in [0.717, 1.165) is 57.8 Å². The molecule has 0 aliphatic carbocycles. The first-order valence-corrected chi connectivity index (χ1v) is 27.8. The third kappa shape index (κ3) is 52.5. The molecular weight excluding hydrogens is 830 g/mol. The van der Waals surface area contributed by atoms with Crippen molar-refractivity contribution in [3.05, 3.63) is 85.1 Å². The average molecular weight is 930 g/mol. The number of likely N-dealkylation sites (N-methyl/N-ethyl adjacent to an activating group) is 1. The summed E-state index contributed by atoms with van der Waals surface area (Å²) in [7, 11) is 1.31. The molecule has 0 rings (SSSR count). The Morgan fingerprint density at radius 2 is 0.892 bits per heavy atom. The van der Waals surface area contributed by atoms with E-state index in [-0.39, 0.29) is 26.2 Å². The number of hydrogen-bond acceptors (Lipinski definition) is 7. The number of nitrogens with zero attached hydrogens (tertiary/aromatic N) is 1. The Morgan fingerprint density at radius 3 is 1.34 bits per heavy atom. The van der Waals surface area contributed by atoms with Gasteiger partial charge in [0.2, 0.25) is 0 Å². The number of phosphoric ester groups is 1. The van der Waals surface area contributed by atoms with Crippen molar-refractivity contribution >= 4 is 13.8 Å². The van der Waals surface area contributed by atoms with Gasteiger partial charge in [0.1, 0.15) is 19.3 Å². The zero-order chi connectivity index (χ0) is 47.6. The van der Waals surface area contributed by atoms with Crippen molar-refractivity contribution in [3.63, 3.8) is 0 Å². The molecule has 2 unspecified atom stereocenters. The highest BCUT2D eigenvalue weighted by Gasteiger charge is 2.20. The van der Waals surface area contributed by atoms with E-state index in [9.17, 15) is 14.3 Å². The second-order valence-electron chi connectivity index (χ2n) is 18.5. The predicted molar refractivity (Wildman–Crippen MR) is 277 cm³/mol. The first-order valence-electron chi connectivity index (χ1n) is 26.3. The molecule has 0 radical (unpaired) electrons. The van der Waals surface area contributed by atoms with Gasteiger partial charge < -0.3 is 27.9 Å². The van der Waals surface area contributed by atoms with E-state index in [0.29, 0.717) is 24.1 Å². The normalized spacial score (nSPS) is 14.2. The van der Waals surface area contributed by atoms with Gasteiger partial charge in [0.05, 0.1) is 34.4 Å². The molecule has 0 aromatic heterocycles. The number of rotatable bonds is 48. The van der Waals surface area contributed by atoms with E-state index in [4.69, 9.17) is 18.5 Å². The van der Waals surface area contributed by atoms with Gasteiger partial charge >= 0.3 is 5.97 Å². The first-order chi connectivity index (χ1) is 31.6. The van der Waals surface area contributed by atoms with Crippen molar-refractivity contribution in [3.8, 4) is 0 Å². The van der Waals surface area contributed by atoms with Crippen LogP contribution < -0.4 is 4.89 Å². The number of allylic oxidation sites excluding steroid dienone is 14. The van der Waals surface area contributed by atoms with E-state index in [1.165, 1.54) is 122 Å². The molecule has 65 heavy (non-hydrogen) atoms. The molecule has 0 spiro atoms. The summed E-state index contributed by atoms with van der Waals surface area (Å²) < 4.78 is 34.7.